The highest BCUT2D eigenvalue weighted by Crippen LogP contribution is 2.22. The summed E-state index contributed by atoms with van der Waals surface area (Å²) < 4.78 is 0. The van der Waals surface area contributed by atoms with E-state index in [0.717, 1.165) is 12.0 Å². The zero-order chi connectivity index (χ0) is 18.4. The molecule has 0 aliphatic rings. The second-order valence-electron chi connectivity index (χ2n) is 6.12. The van der Waals surface area contributed by atoms with Gasteiger partial charge in [0, 0.05) is 12.1 Å². The third-order valence-electron chi connectivity index (χ3n) is 4.00. The average molecular weight is 366 g/mol. The molecule has 1 unspecified atom stereocenters. The van der Waals surface area contributed by atoms with Crippen LogP contribution in [0.15, 0.2) is 59.8 Å². The van der Waals surface area contributed by atoms with Gasteiger partial charge in [0.1, 0.15) is 0 Å². The summed E-state index contributed by atoms with van der Waals surface area (Å²) in [5.74, 6) is 0.705. The second kappa shape index (κ2) is 8.67. The highest BCUT2D eigenvalue weighted by molar-refractivity contribution is 8.00. The monoisotopic (exact) mass is 366 g/mol. The van der Waals surface area contributed by atoms with Crippen LogP contribution in [0.3, 0.4) is 0 Å². The number of amides is 1. The Labute approximate surface area is 157 Å². The first-order valence-corrected chi connectivity index (χ1v) is 9.47. The molecule has 134 valence electrons. The van der Waals surface area contributed by atoms with Gasteiger partial charge in [0.15, 0.2) is 5.82 Å². The van der Waals surface area contributed by atoms with Crippen molar-refractivity contribution in [2.24, 2.45) is 0 Å². The average Bonchev–Trinajstić information content (AvgIpc) is 3.11. The van der Waals surface area contributed by atoms with Gasteiger partial charge >= 0.3 is 0 Å². The van der Waals surface area contributed by atoms with Crippen LogP contribution in [0.1, 0.15) is 18.1 Å². The van der Waals surface area contributed by atoms with Gasteiger partial charge in [-0.3, -0.25) is 9.89 Å². The SMILES string of the molecule is Cc1ccc(-c2nc(SC(C)C(=O)NCCc3ccccc3)n[nH]2)cc1. The van der Waals surface area contributed by atoms with Crippen LogP contribution in [-0.2, 0) is 11.2 Å². The van der Waals surface area contributed by atoms with E-state index in [4.69, 9.17) is 0 Å². The Hall–Kier alpha value is -2.60. The predicted octanol–water partition coefficient (Wildman–Crippen LogP) is 3.62. The van der Waals surface area contributed by atoms with Crippen molar-refractivity contribution < 1.29 is 4.79 Å². The van der Waals surface area contributed by atoms with Gasteiger partial charge in [0.2, 0.25) is 11.1 Å². The molecule has 0 saturated heterocycles. The Bertz CT molecular complexity index is 846. The summed E-state index contributed by atoms with van der Waals surface area (Å²) in [6.45, 7) is 4.53. The van der Waals surface area contributed by atoms with Crippen LogP contribution >= 0.6 is 11.8 Å². The number of carbonyl (C=O) groups is 1. The molecule has 2 aromatic carbocycles. The van der Waals surface area contributed by atoms with Crippen molar-refractivity contribution in [1.29, 1.82) is 0 Å². The maximum absolute atomic E-state index is 12.3. The quantitative estimate of drug-likeness (QED) is 0.627. The van der Waals surface area contributed by atoms with E-state index in [1.807, 2.05) is 56.3 Å². The van der Waals surface area contributed by atoms with Crippen LogP contribution in [0.4, 0.5) is 0 Å². The molecule has 1 heterocycles. The van der Waals surface area contributed by atoms with Gasteiger partial charge in [-0.25, -0.2) is 4.98 Å². The van der Waals surface area contributed by atoms with Gasteiger partial charge in [-0.2, -0.15) is 0 Å². The van der Waals surface area contributed by atoms with E-state index in [9.17, 15) is 4.79 Å². The molecule has 1 amide bonds. The molecule has 1 aromatic heterocycles. The van der Waals surface area contributed by atoms with E-state index in [1.54, 1.807) is 0 Å². The standard InChI is InChI=1S/C20H22N4OS/c1-14-8-10-17(11-9-14)18-22-20(24-23-18)26-15(2)19(25)21-13-12-16-6-4-3-5-7-16/h3-11,15H,12-13H2,1-2H3,(H,21,25)(H,22,23,24). The molecule has 0 saturated carbocycles. The second-order valence-corrected chi connectivity index (χ2v) is 7.43. The molecular weight excluding hydrogens is 344 g/mol. The number of aromatic amines is 1. The van der Waals surface area contributed by atoms with E-state index >= 15 is 0 Å². The highest BCUT2D eigenvalue weighted by atomic mass is 32.2. The summed E-state index contributed by atoms with van der Waals surface area (Å²) in [6.07, 6.45) is 0.822. The molecule has 1 atom stereocenters. The van der Waals surface area contributed by atoms with E-state index in [1.165, 1.54) is 22.9 Å². The first-order valence-electron chi connectivity index (χ1n) is 8.59. The van der Waals surface area contributed by atoms with Gasteiger partial charge < -0.3 is 5.32 Å². The molecule has 5 nitrogen and oxygen atoms in total. The van der Waals surface area contributed by atoms with Crippen LogP contribution in [0.25, 0.3) is 11.4 Å². The van der Waals surface area contributed by atoms with Gasteiger partial charge in [0.05, 0.1) is 5.25 Å². The van der Waals surface area contributed by atoms with Gasteiger partial charge in [-0.05, 0) is 25.8 Å². The lowest BCUT2D eigenvalue weighted by Crippen LogP contribution is -2.32. The van der Waals surface area contributed by atoms with Gasteiger partial charge in [-0.1, -0.05) is 71.9 Å². The maximum atomic E-state index is 12.3. The normalized spacial score (nSPS) is 11.9. The van der Waals surface area contributed by atoms with Crippen molar-refractivity contribution in [3.05, 3.63) is 65.7 Å². The molecule has 0 bridgehead atoms. The molecule has 0 aliphatic carbocycles. The number of benzene rings is 2. The summed E-state index contributed by atoms with van der Waals surface area (Å²) in [5, 5.41) is 10.4. The largest absolute Gasteiger partial charge is 0.355 e. The van der Waals surface area contributed by atoms with Crippen LogP contribution in [0.2, 0.25) is 0 Å². The fourth-order valence-corrected chi connectivity index (χ4v) is 3.22. The van der Waals surface area contributed by atoms with Crippen molar-refractivity contribution in [1.82, 2.24) is 20.5 Å². The first-order chi connectivity index (χ1) is 12.6. The van der Waals surface area contributed by atoms with Crippen LogP contribution < -0.4 is 5.32 Å². The summed E-state index contributed by atoms with van der Waals surface area (Å²) >= 11 is 1.35. The number of aromatic nitrogens is 3. The van der Waals surface area contributed by atoms with E-state index in [0.29, 0.717) is 17.5 Å². The topological polar surface area (TPSA) is 70.7 Å². The minimum atomic E-state index is -0.257. The molecule has 3 rings (SSSR count). The van der Waals surface area contributed by atoms with Crippen molar-refractivity contribution in [3.63, 3.8) is 0 Å². The van der Waals surface area contributed by atoms with E-state index in [2.05, 4.69) is 32.6 Å². The van der Waals surface area contributed by atoms with Crippen molar-refractivity contribution >= 4 is 17.7 Å². The Balaban J connectivity index is 1.50. The molecule has 0 radical (unpaired) electrons. The number of hydrogen-bond acceptors (Lipinski definition) is 4. The van der Waals surface area contributed by atoms with Crippen LogP contribution in [0.5, 0.6) is 0 Å². The van der Waals surface area contributed by atoms with Crippen LogP contribution in [0, 0.1) is 6.92 Å². The molecule has 3 aromatic rings. The Morgan fingerprint density at radius 3 is 2.62 bits per heavy atom. The number of hydrogen-bond donors (Lipinski definition) is 2. The number of thioether (sulfide) groups is 1. The number of aryl methyl sites for hydroxylation is 1. The summed E-state index contributed by atoms with van der Waals surface area (Å²) in [7, 11) is 0. The summed E-state index contributed by atoms with van der Waals surface area (Å²) in [6, 6.07) is 18.2. The smallest absolute Gasteiger partial charge is 0.233 e. The molecule has 26 heavy (non-hydrogen) atoms. The van der Waals surface area contributed by atoms with Crippen LogP contribution in [-0.4, -0.2) is 32.9 Å². The minimum Gasteiger partial charge on any atom is -0.355 e. The molecule has 6 heteroatoms. The predicted molar refractivity (Wildman–Crippen MR) is 105 cm³/mol. The van der Waals surface area contributed by atoms with Crippen molar-refractivity contribution in [3.8, 4) is 11.4 Å². The third-order valence-corrected chi connectivity index (χ3v) is 4.96. The van der Waals surface area contributed by atoms with E-state index < -0.39 is 0 Å². The third kappa shape index (κ3) is 4.95. The Morgan fingerprint density at radius 2 is 1.88 bits per heavy atom. The van der Waals surface area contributed by atoms with Gasteiger partial charge in [0.25, 0.3) is 0 Å². The van der Waals surface area contributed by atoms with E-state index in [-0.39, 0.29) is 11.2 Å². The lowest BCUT2D eigenvalue weighted by molar-refractivity contribution is -0.120. The number of carbonyl (C=O) groups excluding carboxylic acids is 1. The number of H-pyrrole nitrogens is 1. The fourth-order valence-electron chi connectivity index (χ4n) is 2.47. The first kappa shape index (κ1) is 18.2. The molecule has 0 spiro atoms. The Kier molecular flexibility index (Phi) is 6.07. The minimum absolute atomic E-state index is 0.00684. The highest BCUT2D eigenvalue weighted by Gasteiger charge is 2.17. The number of rotatable bonds is 7. The summed E-state index contributed by atoms with van der Waals surface area (Å²) in [4.78, 5) is 16.7. The van der Waals surface area contributed by atoms with Crippen molar-refractivity contribution in [2.75, 3.05) is 6.54 Å². The summed E-state index contributed by atoms with van der Waals surface area (Å²) in [5.41, 5.74) is 3.39. The molecule has 0 fully saturated rings. The molecule has 0 aliphatic heterocycles. The lowest BCUT2D eigenvalue weighted by atomic mass is 10.1. The molecule has 2 N–H and O–H groups in total. The lowest BCUT2D eigenvalue weighted by Gasteiger charge is -2.10. The Morgan fingerprint density at radius 1 is 1.15 bits per heavy atom. The maximum Gasteiger partial charge on any atom is 0.233 e. The fraction of sp³-hybridized carbons (Fsp3) is 0.250. The number of nitrogens with zero attached hydrogens (tertiary/aromatic N) is 2. The van der Waals surface area contributed by atoms with Crippen molar-refractivity contribution in [2.45, 2.75) is 30.7 Å². The zero-order valence-corrected chi connectivity index (χ0v) is 15.7. The van der Waals surface area contributed by atoms with Gasteiger partial charge in [-0.15, -0.1) is 5.10 Å². The number of nitrogens with one attached hydrogen (secondary N) is 2. The molecular formula is C20H22N4OS. The zero-order valence-electron chi connectivity index (χ0n) is 14.9.